The molecule has 0 bridgehead atoms. The average molecular weight is 491 g/mol. The maximum Gasteiger partial charge on any atom is 0.263 e. The third kappa shape index (κ3) is 2.15. The van der Waals surface area contributed by atoms with Gasteiger partial charge in [0.15, 0.2) is 3.36 Å². The molecule has 0 unspecified atom stereocenters. The van der Waals surface area contributed by atoms with E-state index < -0.39 is 3.36 Å². The Labute approximate surface area is 131 Å². The van der Waals surface area contributed by atoms with E-state index in [4.69, 9.17) is 0 Å². The van der Waals surface area contributed by atoms with Gasteiger partial charge < -0.3 is 0 Å². The highest BCUT2D eigenvalue weighted by Crippen LogP contribution is 2.45. The van der Waals surface area contributed by atoms with E-state index in [1.54, 1.807) is 24.3 Å². The molecule has 90 valence electrons. The molecule has 7 heteroatoms. The fraction of sp³-hybridized carbons (Fsp3) is 0.200. The summed E-state index contributed by atoms with van der Waals surface area (Å²) >= 11 is 13.2. The number of fused-ring (bicyclic) bond motifs is 1. The standard InChI is InChI=1S/C10H5Br4NO2/c11-9(12)10(13,14)15-7(16)5-3-1-2-4-6(5)8(15)17/h1-4,9H. The van der Waals surface area contributed by atoms with Gasteiger partial charge in [0.25, 0.3) is 11.8 Å². The summed E-state index contributed by atoms with van der Waals surface area (Å²) in [5.74, 6) is -0.661. The molecule has 0 N–H and O–H groups in total. The average Bonchev–Trinajstić information content (AvgIpc) is 2.52. The van der Waals surface area contributed by atoms with Crippen molar-refractivity contribution in [1.29, 1.82) is 0 Å². The van der Waals surface area contributed by atoms with E-state index in [0.717, 1.165) is 4.90 Å². The number of amides is 2. The molecule has 1 aromatic carbocycles. The van der Waals surface area contributed by atoms with Gasteiger partial charge in [0.2, 0.25) is 0 Å². The number of carbonyl (C=O) groups is 2. The van der Waals surface area contributed by atoms with Gasteiger partial charge in [0.05, 0.1) is 11.1 Å². The molecule has 1 aliphatic heterocycles. The van der Waals surface area contributed by atoms with Crippen LogP contribution in [-0.4, -0.2) is 23.8 Å². The molecule has 1 aromatic rings. The van der Waals surface area contributed by atoms with Crippen LogP contribution in [0.5, 0.6) is 0 Å². The molecule has 0 atom stereocenters. The Bertz CT molecular complexity index is 466. The van der Waals surface area contributed by atoms with Gasteiger partial charge in [-0.2, -0.15) is 0 Å². The second-order valence-electron chi connectivity index (χ2n) is 3.38. The van der Waals surface area contributed by atoms with Crippen LogP contribution in [-0.2, 0) is 0 Å². The number of alkyl halides is 4. The number of hydrogen-bond donors (Lipinski definition) is 0. The van der Waals surface area contributed by atoms with E-state index >= 15 is 0 Å². The van der Waals surface area contributed by atoms with Crippen LogP contribution in [0, 0.1) is 0 Å². The van der Waals surface area contributed by atoms with Crippen molar-refractivity contribution in [2.75, 3.05) is 0 Å². The molecule has 1 heterocycles. The first kappa shape index (κ1) is 13.7. The van der Waals surface area contributed by atoms with Crippen molar-refractivity contribution in [1.82, 2.24) is 4.90 Å². The molecule has 0 fully saturated rings. The zero-order chi connectivity index (χ0) is 12.8. The van der Waals surface area contributed by atoms with Gasteiger partial charge in [0, 0.05) is 0 Å². The van der Waals surface area contributed by atoms with Crippen molar-refractivity contribution < 1.29 is 9.59 Å². The predicted molar refractivity (Wildman–Crippen MR) is 79.2 cm³/mol. The summed E-state index contributed by atoms with van der Waals surface area (Å²) < 4.78 is -1.34. The minimum absolute atomic E-state index is 0.329. The van der Waals surface area contributed by atoms with Crippen LogP contribution in [0.25, 0.3) is 0 Å². The van der Waals surface area contributed by atoms with Gasteiger partial charge in [-0.3, -0.25) is 9.59 Å². The largest absolute Gasteiger partial charge is 0.268 e. The van der Waals surface area contributed by atoms with Crippen LogP contribution in [0.2, 0.25) is 0 Å². The number of imide groups is 1. The number of benzene rings is 1. The lowest BCUT2D eigenvalue weighted by molar-refractivity contribution is 0.0636. The van der Waals surface area contributed by atoms with Crippen LogP contribution in [0.4, 0.5) is 0 Å². The minimum atomic E-state index is -1.01. The number of nitrogens with zero attached hydrogens (tertiary/aromatic N) is 1. The summed E-state index contributed by atoms with van der Waals surface area (Å²) in [6.45, 7) is 0. The summed E-state index contributed by atoms with van der Waals surface area (Å²) in [5, 5.41) is 0. The first-order valence-corrected chi connectivity index (χ1v) is 7.93. The van der Waals surface area contributed by atoms with Gasteiger partial charge in [-0.15, -0.1) is 0 Å². The Morgan fingerprint density at radius 3 is 1.76 bits per heavy atom. The van der Waals surface area contributed by atoms with Crippen molar-refractivity contribution in [3.63, 3.8) is 0 Å². The number of carbonyl (C=O) groups excluding carboxylic acids is 2. The normalized spacial score (nSPS) is 15.7. The molecule has 0 saturated heterocycles. The minimum Gasteiger partial charge on any atom is -0.268 e. The molecule has 3 nitrogen and oxygen atoms in total. The summed E-state index contributed by atoms with van der Waals surface area (Å²) in [7, 11) is 0. The van der Waals surface area contributed by atoms with E-state index in [2.05, 4.69) is 63.7 Å². The molecule has 2 rings (SSSR count). The topological polar surface area (TPSA) is 37.4 Å². The zero-order valence-corrected chi connectivity index (χ0v) is 14.5. The maximum absolute atomic E-state index is 12.2. The summed E-state index contributed by atoms with van der Waals surface area (Å²) in [6, 6.07) is 6.75. The molecule has 0 spiro atoms. The van der Waals surface area contributed by atoms with Crippen molar-refractivity contribution in [3.05, 3.63) is 35.4 Å². The second kappa shape index (κ2) is 4.75. The lowest BCUT2D eigenvalue weighted by Gasteiger charge is -2.31. The number of halogens is 4. The van der Waals surface area contributed by atoms with Crippen LogP contribution >= 0.6 is 63.7 Å². The van der Waals surface area contributed by atoms with E-state index in [1.807, 2.05) is 0 Å². The smallest absolute Gasteiger partial charge is 0.263 e. The predicted octanol–water partition coefficient (Wildman–Crippen LogP) is 3.84. The fourth-order valence-corrected chi connectivity index (χ4v) is 2.61. The Morgan fingerprint density at radius 2 is 1.41 bits per heavy atom. The molecular formula is C10H5Br4NO2. The number of hydrogen-bond acceptors (Lipinski definition) is 2. The molecule has 0 radical (unpaired) electrons. The molecule has 17 heavy (non-hydrogen) atoms. The van der Waals surface area contributed by atoms with Crippen molar-refractivity contribution in [3.8, 4) is 0 Å². The Balaban J connectivity index is 2.50. The Morgan fingerprint density at radius 1 is 1.00 bits per heavy atom. The SMILES string of the molecule is O=C1c2ccccc2C(=O)N1C(Br)(Br)C(Br)Br. The van der Waals surface area contributed by atoms with Gasteiger partial charge in [-0.25, -0.2) is 4.90 Å². The van der Waals surface area contributed by atoms with Gasteiger partial charge >= 0.3 is 0 Å². The monoisotopic (exact) mass is 487 g/mol. The molecular weight excluding hydrogens is 486 g/mol. The molecule has 1 aliphatic rings. The quantitative estimate of drug-likeness (QED) is 0.359. The highest BCUT2D eigenvalue weighted by Gasteiger charge is 2.49. The van der Waals surface area contributed by atoms with Gasteiger partial charge in [-0.1, -0.05) is 44.0 Å². The maximum atomic E-state index is 12.2. The van der Waals surface area contributed by atoms with Gasteiger partial charge in [-0.05, 0) is 44.0 Å². The molecule has 0 saturated carbocycles. The van der Waals surface area contributed by atoms with Crippen LogP contribution in [0.1, 0.15) is 20.7 Å². The first-order chi connectivity index (χ1) is 7.87. The van der Waals surface area contributed by atoms with Crippen LogP contribution in [0.15, 0.2) is 24.3 Å². The summed E-state index contributed by atoms with van der Waals surface area (Å²) in [4.78, 5) is 25.5. The lowest BCUT2D eigenvalue weighted by atomic mass is 10.1. The lowest BCUT2D eigenvalue weighted by Crippen LogP contribution is -2.46. The van der Waals surface area contributed by atoms with Crippen molar-refractivity contribution in [2.45, 2.75) is 7.09 Å². The van der Waals surface area contributed by atoms with Crippen molar-refractivity contribution in [2.24, 2.45) is 0 Å². The first-order valence-electron chi connectivity index (χ1n) is 4.51. The second-order valence-corrected chi connectivity index (χ2v) is 9.92. The summed E-state index contributed by atoms with van der Waals surface area (Å²) in [5.41, 5.74) is 0.836. The third-order valence-electron chi connectivity index (χ3n) is 2.35. The highest BCUT2D eigenvalue weighted by atomic mass is 79.9. The Hall–Kier alpha value is 0.280. The zero-order valence-electron chi connectivity index (χ0n) is 8.16. The van der Waals surface area contributed by atoms with E-state index in [9.17, 15) is 9.59 Å². The van der Waals surface area contributed by atoms with Crippen LogP contribution in [0.3, 0.4) is 0 Å². The van der Waals surface area contributed by atoms with E-state index in [-0.39, 0.29) is 15.6 Å². The third-order valence-corrected chi connectivity index (χ3v) is 7.76. The molecule has 0 aromatic heterocycles. The fourth-order valence-electron chi connectivity index (χ4n) is 1.56. The highest BCUT2D eigenvalue weighted by molar-refractivity contribution is 9.30. The van der Waals surface area contributed by atoms with E-state index in [1.165, 1.54) is 0 Å². The Kier molecular flexibility index (Phi) is 3.83. The molecule has 0 aliphatic carbocycles. The van der Waals surface area contributed by atoms with Crippen LogP contribution < -0.4 is 0 Å². The van der Waals surface area contributed by atoms with E-state index in [0.29, 0.717) is 11.1 Å². The number of rotatable bonds is 2. The summed E-state index contributed by atoms with van der Waals surface area (Å²) in [6.07, 6.45) is 0. The van der Waals surface area contributed by atoms with Crippen molar-refractivity contribution >= 4 is 75.5 Å². The molecule has 2 amide bonds. The van der Waals surface area contributed by atoms with Gasteiger partial charge in [0.1, 0.15) is 3.74 Å².